The molecular weight excluding hydrogens is 362 g/mol. The van der Waals surface area contributed by atoms with E-state index in [9.17, 15) is 5.11 Å². The summed E-state index contributed by atoms with van der Waals surface area (Å²) in [6.45, 7) is 8.00. The largest absolute Gasteiger partial charge is 0.490 e. The number of ether oxygens (including phenoxy) is 3. The molecule has 1 aromatic carbocycles. The van der Waals surface area contributed by atoms with Crippen LogP contribution in [0.4, 0.5) is 0 Å². The molecule has 5 nitrogen and oxygen atoms in total. The molecule has 23 heavy (non-hydrogen) atoms. The molecule has 3 atom stereocenters. The number of para-hydroxylation sites is 1. The number of aliphatic hydroxyl groups is 1. The van der Waals surface area contributed by atoms with Crippen LogP contribution in [-0.4, -0.2) is 62.9 Å². The Kier molecular flexibility index (Phi) is 7.79. The summed E-state index contributed by atoms with van der Waals surface area (Å²) in [5.74, 6) is 0.803. The molecule has 0 radical (unpaired) electrons. The van der Waals surface area contributed by atoms with Crippen molar-refractivity contribution in [3.63, 3.8) is 0 Å². The number of rotatable bonds is 8. The summed E-state index contributed by atoms with van der Waals surface area (Å²) in [7, 11) is 0. The fourth-order valence-electron chi connectivity index (χ4n) is 2.94. The van der Waals surface area contributed by atoms with Crippen molar-refractivity contribution in [2.24, 2.45) is 0 Å². The maximum absolute atomic E-state index is 10.1. The van der Waals surface area contributed by atoms with E-state index in [1.807, 2.05) is 24.3 Å². The number of nitrogens with one attached hydrogen (secondary N) is 1. The summed E-state index contributed by atoms with van der Waals surface area (Å²) < 4.78 is 17.8. The van der Waals surface area contributed by atoms with Crippen molar-refractivity contribution >= 4 is 15.9 Å². The van der Waals surface area contributed by atoms with Gasteiger partial charge in [-0.2, -0.15) is 0 Å². The van der Waals surface area contributed by atoms with Gasteiger partial charge in [0.05, 0.1) is 17.7 Å². The van der Waals surface area contributed by atoms with Crippen molar-refractivity contribution in [2.75, 3.05) is 39.5 Å². The van der Waals surface area contributed by atoms with Crippen molar-refractivity contribution in [1.29, 1.82) is 0 Å². The van der Waals surface area contributed by atoms with E-state index in [1.165, 1.54) is 4.90 Å². The van der Waals surface area contributed by atoms with E-state index < -0.39 is 6.10 Å². The summed E-state index contributed by atoms with van der Waals surface area (Å²) in [4.78, 5) is 1.37. The number of benzene rings is 1. The van der Waals surface area contributed by atoms with Crippen molar-refractivity contribution in [1.82, 2.24) is 0 Å². The smallest absolute Gasteiger partial charge is 0.133 e. The Hall–Kier alpha value is -0.660. The second-order valence-corrected chi connectivity index (χ2v) is 6.98. The normalized spacial score (nSPS) is 26.0. The Bertz CT molecular complexity index is 464. The average Bonchev–Trinajstić information content (AvgIpc) is 2.47. The number of hydrogen-bond donors (Lipinski definition) is 2. The average molecular weight is 389 g/mol. The highest BCUT2D eigenvalue weighted by Crippen LogP contribution is 2.23. The molecule has 0 aliphatic carbocycles. The van der Waals surface area contributed by atoms with Gasteiger partial charge in [-0.05, 0) is 41.9 Å². The van der Waals surface area contributed by atoms with E-state index in [-0.39, 0.29) is 12.2 Å². The Morgan fingerprint density at radius 2 is 1.96 bits per heavy atom. The predicted octanol–water partition coefficient (Wildman–Crippen LogP) is 0.898. The molecule has 0 saturated carbocycles. The van der Waals surface area contributed by atoms with E-state index in [2.05, 4.69) is 29.8 Å². The molecule has 1 saturated heterocycles. The molecular formula is C17H27BrNO4+. The van der Waals surface area contributed by atoms with Crippen LogP contribution in [0.2, 0.25) is 0 Å². The maximum atomic E-state index is 10.1. The van der Waals surface area contributed by atoms with Crippen LogP contribution in [0.3, 0.4) is 0 Å². The van der Waals surface area contributed by atoms with Gasteiger partial charge in [0.25, 0.3) is 0 Å². The lowest BCUT2D eigenvalue weighted by Crippen LogP contribution is -3.16. The van der Waals surface area contributed by atoms with Crippen molar-refractivity contribution in [3.8, 4) is 5.75 Å². The van der Waals surface area contributed by atoms with Gasteiger partial charge in [0, 0.05) is 0 Å². The molecule has 0 spiro atoms. The Morgan fingerprint density at radius 1 is 1.26 bits per heavy atom. The van der Waals surface area contributed by atoms with Crippen LogP contribution in [0.15, 0.2) is 28.7 Å². The van der Waals surface area contributed by atoms with Gasteiger partial charge in [-0.25, -0.2) is 0 Å². The van der Waals surface area contributed by atoms with Crippen LogP contribution in [0, 0.1) is 0 Å². The fourth-order valence-corrected chi connectivity index (χ4v) is 3.34. The van der Waals surface area contributed by atoms with E-state index in [0.717, 1.165) is 23.3 Å². The van der Waals surface area contributed by atoms with Crippen LogP contribution in [0.1, 0.15) is 13.8 Å². The Balaban J connectivity index is 1.58. The SMILES string of the molecule is C[C@H]1C[NH+](C[C@H](O)COCCOc2ccccc2Br)C[C@H](C)O1. The van der Waals surface area contributed by atoms with Crippen LogP contribution in [0.5, 0.6) is 5.75 Å². The van der Waals surface area contributed by atoms with Gasteiger partial charge in [-0.1, -0.05) is 12.1 Å². The molecule has 2 N–H and O–H groups in total. The molecule has 1 fully saturated rings. The monoisotopic (exact) mass is 388 g/mol. The third-order valence-corrected chi connectivity index (χ3v) is 4.43. The van der Waals surface area contributed by atoms with Gasteiger partial charge < -0.3 is 24.2 Å². The van der Waals surface area contributed by atoms with Gasteiger partial charge >= 0.3 is 0 Å². The number of hydrogen-bond acceptors (Lipinski definition) is 4. The summed E-state index contributed by atoms with van der Waals surface area (Å²) in [5.41, 5.74) is 0. The highest BCUT2D eigenvalue weighted by molar-refractivity contribution is 9.10. The minimum atomic E-state index is -0.453. The predicted molar refractivity (Wildman–Crippen MR) is 92.0 cm³/mol. The Morgan fingerprint density at radius 3 is 2.65 bits per heavy atom. The zero-order valence-corrected chi connectivity index (χ0v) is 15.4. The minimum Gasteiger partial charge on any atom is -0.490 e. The molecule has 0 bridgehead atoms. The first kappa shape index (κ1) is 18.7. The van der Waals surface area contributed by atoms with Crippen LogP contribution in [-0.2, 0) is 9.47 Å². The molecule has 130 valence electrons. The molecule has 2 rings (SSSR count). The molecule has 1 aromatic rings. The third kappa shape index (κ3) is 6.77. The summed E-state index contributed by atoms with van der Waals surface area (Å²) in [6, 6.07) is 7.72. The first-order chi connectivity index (χ1) is 11.0. The van der Waals surface area contributed by atoms with E-state index in [4.69, 9.17) is 14.2 Å². The second kappa shape index (κ2) is 9.59. The first-order valence-corrected chi connectivity index (χ1v) is 8.96. The molecule has 0 aromatic heterocycles. The van der Waals surface area contributed by atoms with Crippen molar-refractivity contribution < 1.29 is 24.2 Å². The zero-order valence-electron chi connectivity index (χ0n) is 13.8. The lowest BCUT2D eigenvalue weighted by Gasteiger charge is -2.33. The Labute approximate surface area is 146 Å². The van der Waals surface area contributed by atoms with E-state index in [1.54, 1.807) is 0 Å². The van der Waals surface area contributed by atoms with Crippen LogP contribution in [0.25, 0.3) is 0 Å². The molecule has 0 amide bonds. The lowest BCUT2D eigenvalue weighted by molar-refractivity contribution is -0.918. The molecule has 6 heteroatoms. The minimum absolute atomic E-state index is 0.250. The maximum Gasteiger partial charge on any atom is 0.133 e. The summed E-state index contributed by atoms with van der Waals surface area (Å²) in [6.07, 6.45) is 0.0464. The highest BCUT2D eigenvalue weighted by Gasteiger charge is 2.27. The van der Waals surface area contributed by atoms with Crippen LogP contribution < -0.4 is 9.64 Å². The molecule has 1 heterocycles. The summed E-state index contributed by atoms with van der Waals surface area (Å²) in [5, 5.41) is 10.1. The van der Waals surface area contributed by atoms with E-state index >= 15 is 0 Å². The zero-order chi connectivity index (χ0) is 16.7. The second-order valence-electron chi connectivity index (χ2n) is 6.13. The quantitative estimate of drug-likeness (QED) is 0.649. The molecule has 0 unspecified atom stereocenters. The first-order valence-electron chi connectivity index (χ1n) is 8.16. The van der Waals surface area contributed by atoms with Gasteiger partial charge in [-0.15, -0.1) is 0 Å². The number of quaternary nitrogens is 1. The number of aliphatic hydroxyl groups excluding tert-OH is 1. The fraction of sp³-hybridized carbons (Fsp3) is 0.647. The highest BCUT2D eigenvalue weighted by atomic mass is 79.9. The van der Waals surface area contributed by atoms with Crippen molar-refractivity contribution in [2.45, 2.75) is 32.2 Å². The van der Waals surface area contributed by atoms with Crippen molar-refractivity contribution in [3.05, 3.63) is 28.7 Å². The standard InChI is InChI=1S/C17H26BrNO4/c1-13-9-19(10-14(2)23-13)11-15(20)12-21-7-8-22-17-6-4-3-5-16(17)18/h3-6,13-15,20H,7-12H2,1-2H3/p+1/t13-,14-,15-/m0/s1. The van der Waals surface area contributed by atoms with E-state index in [0.29, 0.717) is 26.4 Å². The van der Waals surface area contributed by atoms with Gasteiger partial charge in [0.2, 0.25) is 0 Å². The topological polar surface area (TPSA) is 52.4 Å². The van der Waals surface area contributed by atoms with Gasteiger partial charge in [0.15, 0.2) is 0 Å². The number of halogens is 1. The van der Waals surface area contributed by atoms with Gasteiger partial charge in [0.1, 0.15) is 50.3 Å². The van der Waals surface area contributed by atoms with Gasteiger partial charge in [-0.3, -0.25) is 0 Å². The molecule has 1 aliphatic rings. The van der Waals surface area contributed by atoms with Crippen LogP contribution >= 0.6 is 15.9 Å². The lowest BCUT2D eigenvalue weighted by atomic mass is 10.2. The third-order valence-electron chi connectivity index (χ3n) is 3.77. The summed E-state index contributed by atoms with van der Waals surface area (Å²) >= 11 is 3.43. The molecule has 1 aliphatic heterocycles. The number of morpholine rings is 1.